The van der Waals surface area contributed by atoms with Gasteiger partial charge in [-0.3, -0.25) is 4.79 Å². The van der Waals surface area contributed by atoms with E-state index < -0.39 is 0 Å². The Balaban J connectivity index is 1.65. The number of tetrazole rings is 1. The molecule has 0 aliphatic heterocycles. The molecule has 0 spiro atoms. The summed E-state index contributed by atoms with van der Waals surface area (Å²) in [6.45, 7) is 1.89. The zero-order valence-electron chi connectivity index (χ0n) is 14.5. The fourth-order valence-electron chi connectivity index (χ4n) is 3.01. The number of carbonyl (C=O) groups is 1. The third kappa shape index (κ3) is 4.55. The molecule has 8 heteroatoms. The molecule has 1 aliphatic rings. The molecule has 1 heterocycles. The Hall–Kier alpha value is -1.54. The van der Waals surface area contributed by atoms with Crippen LogP contribution < -0.4 is 5.32 Å². The Kier molecular flexibility index (Phi) is 6.36. The van der Waals surface area contributed by atoms with Crippen molar-refractivity contribution in [3.8, 4) is 0 Å². The number of rotatable bonds is 6. The SMILES string of the molecule is CSc1ccccc1NC(=O)C(C)Sc1nnnn1C1CCCCC1. The molecule has 1 saturated carbocycles. The predicted molar refractivity (Wildman–Crippen MR) is 102 cm³/mol. The molecule has 134 valence electrons. The molecule has 1 aromatic carbocycles. The second kappa shape index (κ2) is 8.71. The molecule has 25 heavy (non-hydrogen) atoms. The first kappa shape index (κ1) is 18.3. The molecule has 1 fully saturated rings. The Morgan fingerprint density at radius 2 is 2.04 bits per heavy atom. The third-order valence-electron chi connectivity index (χ3n) is 4.40. The maximum absolute atomic E-state index is 12.6. The number of para-hydroxylation sites is 1. The van der Waals surface area contributed by atoms with Crippen LogP contribution in [0.3, 0.4) is 0 Å². The summed E-state index contributed by atoms with van der Waals surface area (Å²) in [7, 11) is 0. The van der Waals surface area contributed by atoms with Gasteiger partial charge in [0.15, 0.2) is 0 Å². The minimum absolute atomic E-state index is 0.0373. The van der Waals surface area contributed by atoms with Crippen LogP contribution in [0.4, 0.5) is 5.69 Å². The lowest BCUT2D eigenvalue weighted by Crippen LogP contribution is -2.24. The van der Waals surface area contributed by atoms with Gasteiger partial charge in [0.25, 0.3) is 0 Å². The van der Waals surface area contributed by atoms with Crippen molar-refractivity contribution < 1.29 is 4.79 Å². The van der Waals surface area contributed by atoms with Crippen molar-refractivity contribution in [3.05, 3.63) is 24.3 Å². The van der Waals surface area contributed by atoms with E-state index in [-0.39, 0.29) is 11.2 Å². The first-order chi connectivity index (χ1) is 12.2. The summed E-state index contributed by atoms with van der Waals surface area (Å²) in [5.74, 6) is -0.0373. The van der Waals surface area contributed by atoms with Crippen molar-refractivity contribution in [2.75, 3.05) is 11.6 Å². The maximum Gasteiger partial charge on any atom is 0.237 e. The average molecular weight is 378 g/mol. The van der Waals surface area contributed by atoms with Crippen LogP contribution in [-0.2, 0) is 4.79 Å². The molecule has 3 rings (SSSR count). The number of aromatic nitrogens is 4. The molecule has 1 aliphatic carbocycles. The molecule has 0 radical (unpaired) electrons. The van der Waals surface area contributed by atoms with Crippen molar-refractivity contribution in [3.63, 3.8) is 0 Å². The van der Waals surface area contributed by atoms with Gasteiger partial charge in [0, 0.05) is 4.90 Å². The second-order valence-corrected chi connectivity index (χ2v) is 8.30. The van der Waals surface area contributed by atoms with Crippen LogP contribution in [0.5, 0.6) is 0 Å². The van der Waals surface area contributed by atoms with E-state index in [9.17, 15) is 4.79 Å². The van der Waals surface area contributed by atoms with Crippen molar-refractivity contribution >= 4 is 35.1 Å². The van der Waals surface area contributed by atoms with Gasteiger partial charge in [0.1, 0.15) is 0 Å². The number of thioether (sulfide) groups is 2. The highest BCUT2D eigenvalue weighted by molar-refractivity contribution is 8.00. The van der Waals surface area contributed by atoms with E-state index in [2.05, 4.69) is 20.8 Å². The summed E-state index contributed by atoms with van der Waals surface area (Å²) < 4.78 is 1.91. The number of nitrogens with zero attached hydrogens (tertiary/aromatic N) is 4. The summed E-state index contributed by atoms with van der Waals surface area (Å²) >= 11 is 3.04. The molecule has 1 N–H and O–H groups in total. The van der Waals surface area contributed by atoms with Crippen molar-refractivity contribution in [1.29, 1.82) is 0 Å². The predicted octanol–water partition coefficient (Wildman–Crippen LogP) is 4.02. The van der Waals surface area contributed by atoms with Gasteiger partial charge in [-0.05, 0) is 48.6 Å². The van der Waals surface area contributed by atoms with Gasteiger partial charge in [-0.2, -0.15) is 0 Å². The Morgan fingerprint density at radius 1 is 1.28 bits per heavy atom. The summed E-state index contributed by atoms with van der Waals surface area (Å²) in [5.41, 5.74) is 0.847. The van der Waals surface area contributed by atoms with E-state index in [0.717, 1.165) is 28.6 Å². The second-order valence-electron chi connectivity index (χ2n) is 6.15. The number of hydrogen-bond donors (Lipinski definition) is 1. The largest absolute Gasteiger partial charge is 0.324 e. The monoisotopic (exact) mass is 377 g/mol. The molecule has 1 aromatic heterocycles. The first-order valence-electron chi connectivity index (χ1n) is 8.57. The summed E-state index contributed by atoms with van der Waals surface area (Å²) in [5, 5.41) is 15.6. The minimum Gasteiger partial charge on any atom is -0.324 e. The molecule has 2 aromatic rings. The average Bonchev–Trinajstić information content (AvgIpc) is 3.11. The fourth-order valence-corrected chi connectivity index (χ4v) is 4.42. The lowest BCUT2D eigenvalue weighted by molar-refractivity contribution is -0.115. The Bertz CT molecular complexity index is 715. The van der Waals surface area contributed by atoms with Crippen LogP contribution >= 0.6 is 23.5 Å². The molecule has 0 saturated heterocycles. The van der Waals surface area contributed by atoms with Gasteiger partial charge in [-0.25, -0.2) is 4.68 Å². The van der Waals surface area contributed by atoms with Crippen molar-refractivity contribution in [2.24, 2.45) is 0 Å². The molecule has 1 unspecified atom stereocenters. The van der Waals surface area contributed by atoms with E-state index >= 15 is 0 Å². The van der Waals surface area contributed by atoms with Gasteiger partial charge in [0.2, 0.25) is 11.1 Å². The zero-order valence-corrected chi connectivity index (χ0v) is 16.1. The molecule has 1 amide bonds. The number of anilines is 1. The lowest BCUT2D eigenvalue weighted by Gasteiger charge is -2.22. The van der Waals surface area contributed by atoms with Crippen LogP contribution in [0.15, 0.2) is 34.3 Å². The van der Waals surface area contributed by atoms with Crippen LogP contribution in [-0.4, -0.2) is 37.6 Å². The Morgan fingerprint density at radius 3 is 2.80 bits per heavy atom. The van der Waals surface area contributed by atoms with Crippen molar-refractivity contribution in [1.82, 2.24) is 20.2 Å². The van der Waals surface area contributed by atoms with Crippen LogP contribution in [0.2, 0.25) is 0 Å². The number of amides is 1. The van der Waals surface area contributed by atoms with Crippen molar-refractivity contribution in [2.45, 2.75) is 60.4 Å². The van der Waals surface area contributed by atoms with E-state index in [1.807, 2.05) is 42.1 Å². The zero-order chi connectivity index (χ0) is 17.6. The van der Waals surface area contributed by atoms with E-state index in [4.69, 9.17) is 0 Å². The van der Waals surface area contributed by atoms with E-state index in [0.29, 0.717) is 6.04 Å². The van der Waals surface area contributed by atoms with Gasteiger partial charge in [0.05, 0.1) is 17.0 Å². The van der Waals surface area contributed by atoms with Crippen LogP contribution in [0.1, 0.15) is 45.1 Å². The number of nitrogens with one attached hydrogen (secondary N) is 1. The van der Waals surface area contributed by atoms with Crippen LogP contribution in [0, 0.1) is 0 Å². The smallest absolute Gasteiger partial charge is 0.237 e. The molecule has 1 atom stereocenters. The highest BCUT2D eigenvalue weighted by Gasteiger charge is 2.24. The third-order valence-corrected chi connectivity index (χ3v) is 6.24. The van der Waals surface area contributed by atoms with E-state index in [1.54, 1.807) is 11.8 Å². The normalized spacial score (nSPS) is 16.6. The fraction of sp³-hybridized carbons (Fsp3) is 0.529. The van der Waals surface area contributed by atoms with Crippen LogP contribution in [0.25, 0.3) is 0 Å². The highest BCUT2D eigenvalue weighted by Crippen LogP contribution is 2.32. The number of benzene rings is 1. The molecule has 6 nitrogen and oxygen atoms in total. The topological polar surface area (TPSA) is 72.7 Å². The summed E-state index contributed by atoms with van der Waals surface area (Å²) in [6.07, 6.45) is 7.95. The summed E-state index contributed by atoms with van der Waals surface area (Å²) in [6, 6.07) is 8.18. The van der Waals surface area contributed by atoms with Gasteiger partial charge in [-0.15, -0.1) is 16.9 Å². The lowest BCUT2D eigenvalue weighted by atomic mass is 9.96. The molecular formula is C17H23N5OS2. The highest BCUT2D eigenvalue weighted by atomic mass is 32.2. The first-order valence-corrected chi connectivity index (χ1v) is 10.7. The van der Waals surface area contributed by atoms with Gasteiger partial charge < -0.3 is 5.32 Å². The number of carbonyl (C=O) groups excluding carboxylic acids is 1. The van der Waals surface area contributed by atoms with Gasteiger partial charge in [-0.1, -0.05) is 43.2 Å². The minimum atomic E-state index is -0.275. The van der Waals surface area contributed by atoms with E-state index in [1.165, 1.54) is 31.0 Å². The standard InChI is InChI=1S/C17H23N5OS2/c1-12(16(23)18-14-10-6-7-11-15(14)24-2)25-17-19-20-21-22(17)13-8-4-3-5-9-13/h6-7,10-13H,3-5,8-9H2,1-2H3,(H,18,23). The summed E-state index contributed by atoms with van der Waals surface area (Å²) in [4.78, 5) is 13.6. The van der Waals surface area contributed by atoms with Gasteiger partial charge >= 0.3 is 0 Å². The quantitative estimate of drug-likeness (QED) is 0.767. The maximum atomic E-state index is 12.6. The molecule has 0 bridgehead atoms. The number of hydrogen-bond acceptors (Lipinski definition) is 6. The molecular weight excluding hydrogens is 354 g/mol. The Labute approximate surface area is 156 Å².